The van der Waals surface area contributed by atoms with Gasteiger partial charge in [-0.25, -0.2) is 9.59 Å². The molecule has 0 unspecified atom stereocenters. The van der Waals surface area contributed by atoms with E-state index in [1.807, 2.05) is 6.92 Å². The van der Waals surface area contributed by atoms with Crippen LogP contribution in [0.1, 0.15) is 15.9 Å². The zero-order chi connectivity index (χ0) is 15.0. The summed E-state index contributed by atoms with van der Waals surface area (Å²) in [5, 5.41) is 11.4. The Bertz CT molecular complexity index is 498. The van der Waals surface area contributed by atoms with Gasteiger partial charge in [-0.3, -0.25) is 0 Å². The fraction of sp³-hybridized carbons (Fsp3) is 0.286. The highest BCUT2D eigenvalue weighted by atomic mass is 16.5. The first-order valence-electron chi connectivity index (χ1n) is 6.03. The van der Waals surface area contributed by atoms with Gasteiger partial charge in [0, 0.05) is 0 Å². The molecule has 20 heavy (non-hydrogen) atoms. The summed E-state index contributed by atoms with van der Waals surface area (Å²) in [6.07, 6.45) is 0.918. The minimum atomic E-state index is -1.01. The number of ether oxygens (including phenoxy) is 2. The lowest BCUT2D eigenvalue weighted by Gasteiger charge is -2.10. The van der Waals surface area contributed by atoms with E-state index in [1.54, 1.807) is 6.07 Å². The number of carboxylic acids is 1. The lowest BCUT2D eigenvalue weighted by molar-refractivity contribution is 0.0696. The molecular formula is C14H17NO5. The maximum Gasteiger partial charge on any atom is 0.407 e. The van der Waals surface area contributed by atoms with E-state index in [9.17, 15) is 9.59 Å². The van der Waals surface area contributed by atoms with Crippen molar-refractivity contribution in [2.24, 2.45) is 0 Å². The van der Waals surface area contributed by atoms with Gasteiger partial charge in [0.2, 0.25) is 0 Å². The second-order valence-electron chi connectivity index (χ2n) is 3.95. The predicted octanol–water partition coefficient (Wildman–Crippen LogP) is 1.98. The van der Waals surface area contributed by atoms with Crippen LogP contribution in [0.4, 0.5) is 4.79 Å². The van der Waals surface area contributed by atoms with E-state index >= 15 is 0 Å². The maximum atomic E-state index is 11.1. The zero-order valence-electron chi connectivity index (χ0n) is 11.2. The quantitative estimate of drug-likeness (QED) is 0.589. The normalized spacial score (nSPS) is 9.65. The molecule has 1 amide bonds. The van der Waals surface area contributed by atoms with Crippen LogP contribution in [0.25, 0.3) is 0 Å². The van der Waals surface area contributed by atoms with Crippen LogP contribution in [0, 0.1) is 6.92 Å². The number of rotatable bonds is 7. The zero-order valence-corrected chi connectivity index (χ0v) is 11.2. The average molecular weight is 279 g/mol. The molecular weight excluding hydrogens is 262 g/mol. The number of carboxylic acid groups (broad SMARTS) is 1. The molecule has 0 fully saturated rings. The Balaban J connectivity index is 2.42. The summed E-state index contributed by atoms with van der Waals surface area (Å²) in [5.41, 5.74) is 0.980. The summed E-state index contributed by atoms with van der Waals surface area (Å²) in [7, 11) is 0. The van der Waals surface area contributed by atoms with Crippen LogP contribution in [0.5, 0.6) is 5.75 Å². The van der Waals surface area contributed by atoms with Crippen molar-refractivity contribution in [3.63, 3.8) is 0 Å². The van der Waals surface area contributed by atoms with Gasteiger partial charge in [-0.2, -0.15) is 0 Å². The second kappa shape index (κ2) is 7.83. The molecule has 0 saturated heterocycles. The summed E-state index contributed by atoms with van der Waals surface area (Å²) >= 11 is 0. The van der Waals surface area contributed by atoms with Crippen molar-refractivity contribution in [1.82, 2.24) is 5.32 Å². The monoisotopic (exact) mass is 279 g/mol. The number of hydrogen-bond donors (Lipinski definition) is 2. The second-order valence-corrected chi connectivity index (χ2v) is 3.95. The summed E-state index contributed by atoms with van der Waals surface area (Å²) in [4.78, 5) is 22.0. The lowest BCUT2D eigenvalue weighted by Crippen LogP contribution is -2.28. The van der Waals surface area contributed by atoms with Crippen molar-refractivity contribution in [2.45, 2.75) is 6.92 Å². The standard InChI is InChI=1S/C14H17NO5/c1-3-7-20-14(18)15-6-8-19-12-9-11(13(16)17)5-4-10(12)2/h3-5,9H,1,6-8H2,2H3,(H,15,18)(H,16,17). The summed E-state index contributed by atoms with van der Waals surface area (Å²) < 4.78 is 10.1. The summed E-state index contributed by atoms with van der Waals surface area (Å²) in [6.45, 7) is 5.85. The predicted molar refractivity (Wildman–Crippen MR) is 73.2 cm³/mol. The third-order valence-electron chi connectivity index (χ3n) is 2.40. The maximum absolute atomic E-state index is 11.1. The Labute approximate surface area is 117 Å². The molecule has 2 N–H and O–H groups in total. The molecule has 0 aliphatic heterocycles. The van der Waals surface area contributed by atoms with Crippen molar-refractivity contribution in [1.29, 1.82) is 0 Å². The SMILES string of the molecule is C=CCOC(=O)NCCOc1cc(C(=O)O)ccc1C. The molecule has 0 heterocycles. The summed E-state index contributed by atoms with van der Waals surface area (Å²) in [6, 6.07) is 4.63. The largest absolute Gasteiger partial charge is 0.491 e. The van der Waals surface area contributed by atoms with Crippen molar-refractivity contribution in [2.75, 3.05) is 19.8 Å². The van der Waals surface area contributed by atoms with Crippen LogP contribution in [0.2, 0.25) is 0 Å². The minimum Gasteiger partial charge on any atom is -0.491 e. The van der Waals surface area contributed by atoms with E-state index in [-0.39, 0.29) is 25.3 Å². The molecule has 0 aliphatic carbocycles. The lowest BCUT2D eigenvalue weighted by atomic mass is 10.1. The molecule has 1 aromatic carbocycles. The Morgan fingerprint density at radius 3 is 2.85 bits per heavy atom. The molecule has 0 bridgehead atoms. The molecule has 1 aromatic rings. The molecule has 0 radical (unpaired) electrons. The van der Waals surface area contributed by atoms with Crippen LogP contribution >= 0.6 is 0 Å². The first-order valence-corrected chi connectivity index (χ1v) is 6.03. The highest BCUT2D eigenvalue weighted by Gasteiger charge is 2.07. The minimum absolute atomic E-state index is 0.145. The van der Waals surface area contributed by atoms with Crippen molar-refractivity contribution >= 4 is 12.1 Å². The molecule has 0 saturated carbocycles. The van der Waals surface area contributed by atoms with E-state index in [4.69, 9.17) is 14.6 Å². The van der Waals surface area contributed by atoms with E-state index in [2.05, 4.69) is 11.9 Å². The van der Waals surface area contributed by atoms with E-state index < -0.39 is 12.1 Å². The molecule has 0 atom stereocenters. The van der Waals surface area contributed by atoms with Gasteiger partial charge >= 0.3 is 12.1 Å². The Morgan fingerprint density at radius 1 is 1.45 bits per heavy atom. The molecule has 0 spiro atoms. The number of aromatic carboxylic acids is 1. The first kappa shape index (κ1) is 15.6. The van der Waals surface area contributed by atoms with Crippen molar-refractivity contribution in [3.8, 4) is 5.75 Å². The van der Waals surface area contributed by atoms with Gasteiger partial charge in [0.1, 0.15) is 19.0 Å². The Kier molecular flexibility index (Phi) is 6.09. The molecule has 108 valence electrons. The van der Waals surface area contributed by atoms with Gasteiger partial charge < -0.3 is 19.9 Å². The van der Waals surface area contributed by atoms with E-state index in [0.29, 0.717) is 5.75 Å². The van der Waals surface area contributed by atoms with Crippen molar-refractivity contribution < 1.29 is 24.2 Å². The van der Waals surface area contributed by atoms with Crippen LogP contribution in [-0.2, 0) is 4.74 Å². The highest BCUT2D eigenvalue weighted by molar-refractivity contribution is 5.88. The topological polar surface area (TPSA) is 84.9 Å². The third kappa shape index (κ3) is 5.01. The van der Waals surface area contributed by atoms with E-state index in [0.717, 1.165) is 5.56 Å². The van der Waals surface area contributed by atoms with Crippen LogP contribution in [-0.4, -0.2) is 36.9 Å². The number of benzene rings is 1. The van der Waals surface area contributed by atoms with Gasteiger partial charge in [0.25, 0.3) is 0 Å². The average Bonchev–Trinajstić information content (AvgIpc) is 2.42. The fourth-order valence-corrected chi connectivity index (χ4v) is 1.39. The van der Waals surface area contributed by atoms with Crippen LogP contribution in [0.3, 0.4) is 0 Å². The Hall–Kier alpha value is -2.50. The van der Waals surface area contributed by atoms with Gasteiger partial charge in [-0.05, 0) is 24.6 Å². The number of aryl methyl sites for hydroxylation is 1. The number of hydrogen-bond acceptors (Lipinski definition) is 4. The fourth-order valence-electron chi connectivity index (χ4n) is 1.39. The first-order chi connectivity index (χ1) is 9.54. The Morgan fingerprint density at radius 2 is 2.20 bits per heavy atom. The van der Waals surface area contributed by atoms with E-state index in [1.165, 1.54) is 18.2 Å². The number of carbonyl (C=O) groups is 2. The molecule has 0 aliphatic rings. The smallest absolute Gasteiger partial charge is 0.407 e. The number of alkyl carbamates (subject to hydrolysis) is 1. The molecule has 1 rings (SSSR count). The molecule has 0 aromatic heterocycles. The number of amides is 1. The number of nitrogens with one attached hydrogen (secondary N) is 1. The third-order valence-corrected chi connectivity index (χ3v) is 2.40. The van der Waals surface area contributed by atoms with Gasteiger partial charge in [-0.15, -0.1) is 0 Å². The highest BCUT2D eigenvalue weighted by Crippen LogP contribution is 2.19. The molecule has 6 heteroatoms. The molecule has 6 nitrogen and oxygen atoms in total. The van der Waals surface area contributed by atoms with Crippen LogP contribution in [0.15, 0.2) is 30.9 Å². The van der Waals surface area contributed by atoms with Crippen LogP contribution < -0.4 is 10.1 Å². The van der Waals surface area contributed by atoms with Gasteiger partial charge in [-0.1, -0.05) is 18.7 Å². The van der Waals surface area contributed by atoms with Gasteiger partial charge in [0.05, 0.1) is 12.1 Å². The summed E-state index contributed by atoms with van der Waals surface area (Å²) in [5.74, 6) is -0.535. The van der Waals surface area contributed by atoms with Crippen molar-refractivity contribution in [3.05, 3.63) is 42.0 Å². The number of carbonyl (C=O) groups excluding carboxylic acids is 1. The van der Waals surface area contributed by atoms with Gasteiger partial charge in [0.15, 0.2) is 0 Å².